The van der Waals surface area contributed by atoms with Gasteiger partial charge in [-0.05, 0) is 56.0 Å². The summed E-state index contributed by atoms with van der Waals surface area (Å²) in [5, 5.41) is 3.59. The molecule has 1 aromatic carbocycles. The first kappa shape index (κ1) is 13.9. The molecule has 1 saturated heterocycles. The second-order valence-electron chi connectivity index (χ2n) is 6.21. The highest BCUT2D eigenvalue weighted by molar-refractivity contribution is 5.56. The van der Waals surface area contributed by atoms with Crippen LogP contribution in [0.3, 0.4) is 0 Å². The van der Waals surface area contributed by atoms with Crippen molar-refractivity contribution in [3.8, 4) is 0 Å². The number of nitrogens with zero attached hydrogens (tertiary/aromatic N) is 2. The number of hydrogen-bond acceptors (Lipinski definition) is 3. The van der Waals surface area contributed by atoms with E-state index in [9.17, 15) is 0 Å². The van der Waals surface area contributed by atoms with Gasteiger partial charge in [0.05, 0.1) is 0 Å². The maximum Gasteiger partial charge on any atom is 0.0396 e. The minimum absolute atomic E-state index is 1.00. The van der Waals surface area contributed by atoms with Gasteiger partial charge in [-0.25, -0.2) is 0 Å². The van der Waals surface area contributed by atoms with Crippen molar-refractivity contribution in [1.29, 1.82) is 0 Å². The third-order valence-corrected chi connectivity index (χ3v) is 4.63. The van der Waals surface area contributed by atoms with Crippen molar-refractivity contribution in [1.82, 2.24) is 10.2 Å². The number of rotatable bonds is 5. The van der Waals surface area contributed by atoms with Gasteiger partial charge in [0.15, 0.2) is 0 Å². The van der Waals surface area contributed by atoms with Crippen LogP contribution in [0.4, 0.5) is 5.69 Å². The van der Waals surface area contributed by atoms with Crippen LogP contribution in [0.1, 0.15) is 30.4 Å². The molecule has 0 spiro atoms. The molecule has 0 bridgehead atoms. The third kappa shape index (κ3) is 3.33. The van der Waals surface area contributed by atoms with E-state index < -0.39 is 0 Å². The summed E-state index contributed by atoms with van der Waals surface area (Å²) in [5.74, 6) is 0. The van der Waals surface area contributed by atoms with Crippen molar-refractivity contribution >= 4 is 5.69 Å². The van der Waals surface area contributed by atoms with E-state index in [4.69, 9.17) is 0 Å². The Hall–Kier alpha value is -1.06. The van der Waals surface area contributed by atoms with E-state index >= 15 is 0 Å². The number of nitrogens with one attached hydrogen (secondary N) is 1. The number of benzene rings is 1. The van der Waals surface area contributed by atoms with Crippen LogP contribution in [0.2, 0.25) is 0 Å². The molecular weight excluding hydrogens is 246 g/mol. The summed E-state index contributed by atoms with van der Waals surface area (Å²) in [6, 6.07) is 6.98. The number of aryl methyl sites for hydroxylation is 1. The molecule has 0 unspecified atom stereocenters. The number of fused-ring (bicyclic) bond motifs is 1. The number of likely N-dealkylation sites (tertiary alicyclic amines) is 1. The fourth-order valence-electron chi connectivity index (χ4n) is 3.42. The molecule has 2 aliphatic heterocycles. The molecule has 1 fully saturated rings. The Bertz CT molecular complexity index is 438. The van der Waals surface area contributed by atoms with Gasteiger partial charge in [-0.2, -0.15) is 0 Å². The molecule has 0 aliphatic carbocycles. The van der Waals surface area contributed by atoms with E-state index in [1.807, 2.05) is 0 Å². The molecular formula is C17H27N3. The Morgan fingerprint density at radius 2 is 1.95 bits per heavy atom. The van der Waals surface area contributed by atoms with Gasteiger partial charge in [0.2, 0.25) is 0 Å². The van der Waals surface area contributed by atoms with E-state index in [2.05, 4.69) is 40.4 Å². The molecule has 0 aromatic heterocycles. The van der Waals surface area contributed by atoms with Crippen LogP contribution < -0.4 is 10.2 Å². The zero-order valence-electron chi connectivity index (χ0n) is 12.7. The first-order valence-electron chi connectivity index (χ1n) is 8.09. The molecule has 3 nitrogen and oxygen atoms in total. The van der Waals surface area contributed by atoms with Gasteiger partial charge >= 0.3 is 0 Å². The SMILES string of the molecule is CN1CCCc2cc(CNCCN3CCCC3)ccc21. The van der Waals surface area contributed by atoms with E-state index in [0.717, 1.165) is 13.1 Å². The van der Waals surface area contributed by atoms with Gasteiger partial charge in [-0.1, -0.05) is 12.1 Å². The average molecular weight is 273 g/mol. The molecule has 2 heterocycles. The van der Waals surface area contributed by atoms with E-state index in [0.29, 0.717) is 0 Å². The summed E-state index contributed by atoms with van der Waals surface area (Å²) in [5.41, 5.74) is 4.38. The lowest BCUT2D eigenvalue weighted by atomic mass is 9.99. The minimum atomic E-state index is 1.00. The van der Waals surface area contributed by atoms with Gasteiger partial charge in [-0.15, -0.1) is 0 Å². The molecule has 1 N–H and O–H groups in total. The predicted molar refractivity (Wildman–Crippen MR) is 85.4 cm³/mol. The largest absolute Gasteiger partial charge is 0.374 e. The van der Waals surface area contributed by atoms with Gasteiger partial charge in [-0.3, -0.25) is 0 Å². The van der Waals surface area contributed by atoms with Crippen LogP contribution in [0.25, 0.3) is 0 Å². The van der Waals surface area contributed by atoms with E-state index in [1.54, 1.807) is 0 Å². The highest BCUT2D eigenvalue weighted by Gasteiger charge is 2.13. The summed E-state index contributed by atoms with van der Waals surface area (Å²) < 4.78 is 0. The highest BCUT2D eigenvalue weighted by atomic mass is 15.1. The van der Waals surface area contributed by atoms with Crippen molar-refractivity contribution in [2.75, 3.05) is 44.7 Å². The quantitative estimate of drug-likeness (QED) is 0.830. The van der Waals surface area contributed by atoms with Crippen molar-refractivity contribution in [2.45, 2.75) is 32.2 Å². The summed E-state index contributed by atoms with van der Waals surface area (Å²) in [7, 11) is 2.20. The lowest BCUT2D eigenvalue weighted by molar-refractivity contribution is 0.335. The lowest BCUT2D eigenvalue weighted by Gasteiger charge is -2.27. The molecule has 3 heteroatoms. The molecule has 3 rings (SSSR count). The maximum atomic E-state index is 3.59. The topological polar surface area (TPSA) is 18.5 Å². The van der Waals surface area contributed by atoms with Crippen molar-refractivity contribution < 1.29 is 0 Å². The maximum absolute atomic E-state index is 3.59. The Labute approximate surface area is 123 Å². The Balaban J connectivity index is 1.48. The van der Waals surface area contributed by atoms with Gasteiger partial charge in [0.25, 0.3) is 0 Å². The molecule has 1 aromatic rings. The monoisotopic (exact) mass is 273 g/mol. The Morgan fingerprint density at radius 3 is 2.80 bits per heavy atom. The molecule has 0 amide bonds. The van der Waals surface area contributed by atoms with Crippen molar-refractivity contribution in [2.24, 2.45) is 0 Å². The van der Waals surface area contributed by atoms with Crippen LogP contribution in [0.15, 0.2) is 18.2 Å². The number of hydrogen-bond donors (Lipinski definition) is 1. The normalized spacial score (nSPS) is 19.4. The molecule has 20 heavy (non-hydrogen) atoms. The van der Waals surface area contributed by atoms with Gasteiger partial charge in [0.1, 0.15) is 0 Å². The summed E-state index contributed by atoms with van der Waals surface area (Å²) in [6.07, 6.45) is 5.30. The second-order valence-corrected chi connectivity index (χ2v) is 6.21. The van der Waals surface area contributed by atoms with Crippen molar-refractivity contribution in [3.05, 3.63) is 29.3 Å². The molecule has 0 atom stereocenters. The van der Waals surface area contributed by atoms with Crippen LogP contribution in [0.5, 0.6) is 0 Å². The molecule has 110 valence electrons. The first-order valence-corrected chi connectivity index (χ1v) is 8.09. The molecule has 2 aliphatic rings. The molecule has 0 saturated carbocycles. The smallest absolute Gasteiger partial charge is 0.0396 e. The van der Waals surface area contributed by atoms with E-state index in [1.165, 1.54) is 68.7 Å². The summed E-state index contributed by atoms with van der Waals surface area (Å²) in [6.45, 7) is 7.11. The summed E-state index contributed by atoms with van der Waals surface area (Å²) in [4.78, 5) is 4.94. The fraction of sp³-hybridized carbons (Fsp3) is 0.647. The minimum Gasteiger partial charge on any atom is -0.374 e. The van der Waals surface area contributed by atoms with Crippen LogP contribution in [-0.4, -0.2) is 44.7 Å². The number of anilines is 1. The Kier molecular flexibility index (Phi) is 4.58. The van der Waals surface area contributed by atoms with Crippen LogP contribution in [-0.2, 0) is 13.0 Å². The second kappa shape index (κ2) is 6.59. The summed E-state index contributed by atoms with van der Waals surface area (Å²) >= 11 is 0. The van der Waals surface area contributed by atoms with Gasteiger partial charge < -0.3 is 15.1 Å². The van der Waals surface area contributed by atoms with Crippen LogP contribution >= 0.6 is 0 Å². The van der Waals surface area contributed by atoms with Crippen molar-refractivity contribution in [3.63, 3.8) is 0 Å². The first-order chi connectivity index (χ1) is 9.83. The van der Waals surface area contributed by atoms with E-state index in [-0.39, 0.29) is 0 Å². The standard InChI is InChI=1S/C17H27N3/c1-19-9-4-5-16-13-15(6-7-17(16)19)14-18-8-12-20-10-2-3-11-20/h6-7,13,18H,2-5,8-12,14H2,1H3. The zero-order valence-corrected chi connectivity index (χ0v) is 12.7. The predicted octanol–water partition coefficient (Wildman–Crippen LogP) is 2.25. The van der Waals surface area contributed by atoms with Gasteiger partial charge in [0, 0.05) is 38.9 Å². The lowest BCUT2D eigenvalue weighted by Crippen LogP contribution is -2.29. The zero-order chi connectivity index (χ0) is 13.8. The fourth-order valence-corrected chi connectivity index (χ4v) is 3.42. The highest BCUT2D eigenvalue weighted by Crippen LogP contribution is 2.26. The molecule has 0 radical (unpaired) electrons. The third-order valence-electron chi connectivity index (χ3n) is 4.63. The Morgan fingerprint density at radius 1 is 1.10 bits per heavy atom. The average Bonchev–Trinajstić information content (AvgIpc) is 2.97. The van der Waals surface area contributed by atoms with Crippen LogP contribution in [0, 0.1) is 0 Å².